The molecule has 8 nitrogen and oxygen atoms in total. The van der Waals surface area contributed by atoms with Crippen molar-refractivity contribution in [1.29, 1.82) is 0 Å². The van der Waals surface area contributed by atoms with Crippen molar-refractivity contribution in [3.8, 4) is 0 Å². The predicted molar refractivity (Wildman–Crippen MR) is 142 cm³/mol. The first-order chi connectivity index (χ1) is 17.5. The predicted octanol–water partition coefficient (Wildman–Crippen LogP) is 4.15. The number of para-hydroxylation sites is 1. The van der Waals surface area contributed by atoms with E-state index < -0.39 is 0 Å². The smallest absolute Gasteiger partial charge is 0.263 e. The Morgan fingerprint density at radius 2 is 2.00 bits per heavy atom. The molecule has 0 fully saturated rings. The number of thiophene rings is 1. The molecule has 36 heavy (non-hydrogen) atoms. The molecule has 0 N–H and O–H groups in total. The van der Waals surface area contributed by atoms with E-state index in [1.807, 2.05) is 43.3 Å². The van der Waals surface area contributed by atoms with Gasteiger partial charge in [0.05, 0.1) is 30.5 Å². The third kappa shape index (κ3) is 4.70. The lowest BCUT2D eigenvalue weighted by atomic mass is 10.1. The zero-order valence-electron chi connectivity index (χ0n) is 20.1. The van der Waals surface area contributed by atoms with Gasteiger partial charge in [-0.2, -0.15) is 0 Å². The largest absolute Gasteiger partial charge is 0.467 e. The standard InChI is InChI=1S/C26H26N4O4S2/c1-3-29(18-8-5-4-6-9-18)22(32)16-35-26-27-24-23(25(33)30(26)14-19-10-7-13-34-19)20-11-12-28(17(2)31)15-21(20)36-24/h4-10,13H,3,11-12,14-16H2,1-2H3. The molecule has 4 aromatic rings. The molecule has 0 bridgehead atoms. The van der Waals surface area contributed by atoms with Gasteiger partial charge in [0.2, 0.25) is 11.8 Å². The van der Waals surface area contributed by atoms with Crippen molar-refractivity contribution >= 4 is 50.8 Å². The lowest BCUT2D eigenvalue weighted by Crippen LogP contribution is -2.34. The Labute approximate surface area is 216 Å². The van der Waals surface area contributed by atoms with Crippen LogP contribution in [0, 0.1) is 0 Å². The highest BCUT2D eigenvalue weighted by Crippen LogP contribution is 2.34. The van der Waals surface area contributed by atoms with E-state index in [4.69, 9.17) is 9.40 Å². The Morgan fingerprint density at radius 1 is 1.19 bits per heavy atom. The quantitative estimate of drug-likeness (QED) is 0.268. The molecule has 0 saturated heterocycles. The van der Waals surface area contributed by atoms with Crippen LogP contribution in [0.2, 0.25) is 0 Å². The molecule has 0 unspecified atom stereocenters. The third-order valence-corrected chi connectivity index (χ3v) is 8.35. The van der Waals surface area contributed by atoms with Crippen LogP contribution >= 0.6 is 23.1 Å². The molecule has 0 spiro atoms. The van der Waals surface area contributed by atoms with Crippen molar-refractivity contribution in [3.63, 3.8) is 0 Å². The average molecular weight is 523 g/mol. The van der Waals surface area contributed by atoms with Gasteiger partial charge in [-0.15, -0.1) is 11.3 Å². The van der Waals surface area contributed by atoms with Gasteiger partial charge in [0.1, 0.15) is 10.6 Å². The fraction of sp³-hybridized carbons (Fsp3) is 0.308. The summed E-state index contributed by atoms with van der Waals surface area (Å²) in [6.45, 7) is 5.35. The summed E-state index contributed by atoms with van der Waals surface area (Å²) in [4.78, 5) is 48.8. The number of thioether (sulfide) groups is 1. The number of anilines is 1. The van der Waals surface area contributed by atoms with Crippen LogP contribution in [0.3, 0.4) is 0 Å². The fourth-order valence-corrected chi connectivity index (χ4v) is 6.60. The molecule has 0 atom stereocenters. The van der Waals surface area contributed by atoms with Crippen LogP contribution in [-0.2, 0) is 29.1 Å². The number of hydrogen-bond acceptors (Lipinski definition) is 7. The van der Waals surface area contributed by atoms with Crippen LogP contribution in [0.1, 0.15) is 30.0 Å². The summed E-state index contributed by atoms with van der Waals surface area (Å²) in [6.07, 6.45) is 2.20. The van der Waals surface area contributed by atoms with Gasteiger partial charge in [0, 0.05) is 30.6 Å². The van der Waals surface area contributed by atoms with Crippen molar-refractivity contribution in [1.82, 2.24) is 14.5 Å². The molecule has 0 radical (unpaired) electrons. The number of rotatable bonds is 7. The third-order valence-electron chi connectivity index (χ3n) is 6.27. The van der Waals surface area contributed by atoms with Crippen molar-refractivity contribution < 1.29 is 14.0 Å². The first-order valence-electron chi connectivity index (χ1n) is 11.8. The zero-order valence-corrected chi connectivity index (χ0v) is 21.7. The zero-order chi connectivity index (χ0) is 25.2. The van der Waals surface area contributed by atoms with Crippen molar-refractivity contribution in [2.75, 3.05) is 23.7 Å². The van der Waals surface area contributed by atoms with Gasteiger partial charge in [-0.05, 0) is 43.2 Å². The van der Waals surface area contributed by atoms with E-state index in [0.717, 1.165) is 16.1 Å². The molecule has 4 heterocycles. The number of amides is 2. The van der Waals surface area contributed by atoms with Crippen LogP contribution in [0.15, 0.2) is 63.1 Å². The number of hydrogen-bond donors (Lipinski definition) is 0. The molecule has 10 heteroatoms. The van der Waals surface area contributed by atoms with Gasteiger partial charge in [-0.25, -0.2) is 4.98 Å². The molecule has 1 aromatic carbocycles. The Bertz CT molecular complexity index is 1460. The molecular formula is C26H26N4O4S2. The molecule has 186 valence electrons. The number of carbonyl (C=O) groups excluding carboxylic acids is 2. The summed E-state index contributed by atoms with van der Waals surface area (Å²) in [6, 6.07) is 13.1. The van der Waals surface area contributed by atoms with E-state index in [9.17, 15) is 14.4 Å². The molecule has 2 amide bonds. The Kier molecular flexibility index (Phi) is 6.97. The molecule has 0 aliphatic carbocycles. The lowest BCUT2D eigenvalue weighted by Gasteiger charge is -2.25. The van der Waals surface area contributed by atoms with Crippen LogP contribution in [0.25, 0.3) is 10.2 Å². The van der Waals surface area contributed by atoms with Crippen LogP contribution in [0.4, 0.5) is 5.69 Å². The van der Waals surface area contributed by atoms with Crippen molar-refractivity contribution in [2.45, 2.75) is 38.5 Å². The maximum atomic E-state index is 13.8. The Balaban J connectivity index is 1.50. The number of carbonyl (C=O) groups is 2. The number of benzene rings is 1. The van der Waals surface area contributed by atoms with Gasteiger partial charge in [-0.1, -0.05) is 30.0 Å². The number of aromatic nitrogens is 2. The highest BCUT2D eigenvalue weighted by Gasteiger charge is 2.27. The summed E-state index contributed by atoms with van der Waals surface area (Å²) in [7, 11) is 0. The fourth-order valence-electron chi connectivity index (χ4n) is 4.45. The summed E-state index contributed by atoms with van der Waals surface area (Å²) in [5.41, 5.74) is 1.67. The molecule has 0 saturated carbocycles. The van der Waals surface area contributed by atoms with E-state index in [1.165, 1.54) is 23.1 Å². The summed E-state index contributed by atoms with van der Waals surface area (Å²) < 4.78 is 7.12. The minimum atomic E-state index is -0.143. The molecule has 3 aromatic heterocycles. The van der Waals surface area contributed by atoms with Gasteiger partial charge >= 0.3 is 0 Å². The second-order valence-electron chi connectivity index (χ2n) is 8.50. The Morgan fingerprint density at radius 3 is 2.69 bits per heavy atom. The monoisotopic (exact) mass is 522 g/mol. The van der Waals surface area contributed by atoms with E-state index in [2.05, 4.69) is 0 Å². The van der Waals surface area contributed by atoms with Gasteiger partial charge in [0.25, 0.3) is 5.56 Å². The van der Waals surface area contributed by atoms with Crippen LogP contribution in [0.5, 0.6) is 0 Å². The highest BCUT2D eigenvalue weighted by atomic mass is 32.2. The van der Waals surface area contributed by atoms with Gasteiger partial charge in [-0.3, -0.25) is 19.0 Å². The van der Waals surface area contributed by atoms with E-state index >= 15 is 0 Å². The van der Waals surface area contributed by atoms with E-state index in [1.54, 1.807) is 33.6 Å². The first kappa shape index (κ1) is 24.3. The van der Waals surface area contributed by atoms with Crippen molar-refractivity contribution in [2.24, 2.45) is 0 Å². The first-order valence-corrected chi connectivity index (χ1v) is 13.6. The minimum Gasteiger partial charge on any atom is -0.467 e. The number of fused-ring (bicyclic) bond motifs is 3. The molecular weight excluding hydrogens is 496 g/mol. The maximum Gasteiger partial charge on any atom is 0.263 e. The lowest BCUT2D eigenvalue weighted by molar-refractivity contribution is -0.129. The SMILES string of the molecule is CCN(C(=O)CSc1nc2sc3c(c2c(=O)n1Cc1ccco1)CCN(C(C)=O)C3)c1ccccc1. The van der Waals surface area contributed by atoms with Crippen LogP contribution in [-0.4, -0.2) is 45.1 Å². The summed E-state index contributed by atoms with van der Waals surface area (Å²) in [5.74, 6) is 0.741. The average Bonchev–Trinajstić information content (AvgIpc) is 3.52. The molecule has 5 rings (SSSR count). The number of nitrogens with zero attached hydrogens (tertiary/aromatic N) is 4. The minimum absolute atomic E-state index is 0.0231. The highest BCUT2D eigenvalue weighted by molar-refractivity contribution is 7.99. The molecule has 1 aliphatic rings. The van der Waals surface area contributed by atoms with Gasteiger partial charge < -0.3 is 14.2 Å². The topological polar surface area (TPSA) is 88.7 Å². The number of furan rings is 1. The Hall–Kier alpha value is -3.37. The maximum absolute atomic E-state index is 13.8. The van der Waals surface area contributed by atoms with Crippen LogP contribution < -0.4 is 10.5 Å². The van der Waals surface area contributed by atoms with Crippen molar-refractivity contribution in [3.05, 3.63) is 75.3 Å². The van der Waals surface area contributed by atoms with E-state index in [-0.39, 0.29) is 29.7 Å². The van der Waals surface area contributed by atoms with E-state index in [0.29, 0.717) is 47.2 Å². The summed E-state index contributed by atoms with van der Waals surface area (Å²) in [5, 5.41) is 1.09. The normalized spacial score (nSPS) is 13.1. The second kappa shape index (κ2) is 10.3. The van der Waals surface area contributed by atoms with Gasteiger partial charge in [0.15, 0.2) is 5.16 Å². The molecule has 1 aliphatic heterocycles. The summed E-state index contributed by atoms with van der Waals surface area (Å²) >= 11 is 2.71. The second-order valence-corrected chi connectivity index (χ2v) is 10.5.